The van der Waals surface area contributed by atoms with Gasteiger partial charge in [-0.05, 0) is 6.42 Å². The Morgan fingerprint density at radius 3 is 2.61 bits per heavy atom. The van der Waals surface area contributed by atoms with Gasteiger partial charge in [0.15, 0.2) is 5.13 Å². The fourth-order valence-corrected chi connectivity index (χ4v) is 4.64. The van der Waals surface area contributed by atoms with E-state index in [1.165, 1.54) is 30.1 Å². The highest BCUT2D eigenvalue weighted by atomic mass is 32.2. The summed E-state index contributed by atoms with van der Waals surface area (Å²) in [7, 11) is -3.50. The number of hydrogen-bond acceptors (Lipinski definition) is 11. The second-order valence-electron chi connectivity index (χ2n) is 7.31. The van der Waals surface area contributed by atoms with Crippen LogP contribution in [0.1, 0.15) is 30.8 Å². The van der Waals surface area contributed by atoms with Crippen molar-refractivity contribution in [1.29, 1.82) is 0 Å². The molecule has 2 fully saturated rings. The Labute approximate surface area is 183 Å². The van der Waals surface area contributed by atoms with Crippen molar-refractivity contribution in [3.05, 3.63) is 11.1 Å². The number of aromatic nitrogens is 1. The van der Waals surface area contributed by atoms with Crippen molar-refractivity contribution in [2.24, 2.45) is 0 Å². The second kappa shape index (κ2) is 9.36. The van der Waals surface area contributed by atoms with E-state index in [0.29, 0.717) is 31.2 Å². The highest BCUT2D eigenvalue weighted by Crippen LogP contribution is 2.27. The van der Waals surface area contributed by atoms with Crippen LogP contribution in [0, 0.1) is 0 Å². The van der Waals surface area contributed by atoms with Gasteiger partial charge in [0.2, 0.25) is 6.29 Å². The molecule has 14 heteroatoms. The fraction of sp³-hybridized carbons (Fsp3) is 0.647. The topological polar surface area (TPSA) is 144 Å². The van der Waals surface area contributed by atoms with Crippen LogP contribution in [0.4, 0.5) is 9.93 Å². The Hall–Kier alpha value is -2.45. The molecule has 172 valence electrons. The zero-order chi connectivity index (χ0) is 22.8. The molecule has 0 saturated carbocycles. The third-order valence-corrected chi connectivity index (χ3v) is 6.06. The Balaban J connectivity index is 1.44. The van der Waals surface area contributed by atoms with Crippen LogP contribution in [-0.4, -0.2) is 87.1 Å². The molecule has 0 bridgehead atoms. The minimum Gasteiger partial charge on any atom is -0.426 e. The fourth-order valence-electron chi connectivity index (χ4n) is 3.19. The molecule has 2 saturated heterocycles. The SMILES string of the molecule is CC(=O)OC(C)OC(=O)N1CC[C@H](NC(=O)c2csc(N3CC(OS(C)(=O)=O)C3)n2)C1. The van der Waals surface area contributed by atoms with Gasteiger partial charge in [-0.25, -0.2) is 9.78 Å². The van der Waals surface area contributed by atoms with Crippen molar-refractivity contribution in [3.8, 4) is 0 Å². The number of carbonyl (C=O) groups is 3. The third-order valence-electron chi connectivity index (χ3n) is 4.53. The van der Waals surface area contributed by atoms with E-state index < -0.39 is 34.6 Å². The highest BCUT2D eigenvalue weighted by molar-refractivity contribution is 7.86. The summed E-state index contributed by atoms with van der Waals surface area (Å²) in [6.45, 7) is 4.10. The van der Waals surface area contributed by atoms with Gasteiger partial charge in [-0.1, -0.05) is 0 Å². The number of thiazole rings is 1. The minimum absolute atomic E-state index is 0.247. The molecule has 1 unspecified atom stereocenters. The molecular formula is C17H24N4O8S2. The number of ether oxygens (including phenoxy) is 2. The van der Waals surface area contributed by atoms with E-state index in [9.17, 15) is 22.8 Å². The van der Waals surface area contributed by atoms with Crippen LogP contribution in [0.3, 0.4) is 0 Å². The van der Waals surface area contributed by atoms with E-state index in [0.717, 1.165) is 6.26 Å². The van der Waals surface area contributed by atoms with E-state index in [2.05, 4.69) is 10.3 Å². The number of amides is 2. The lowest BCUT2D eigenvalue weighted by Crippen LogP contribution is -2.53. The van der Waals surface area contributed by atoms with Crippen molar-refractivity contribution in [1.82, 2.24) is 15.2 Å². The van der Waals surface area contributed by atoms with Crippen molar-refractivity contribution in [2.75, 3.05) is 37.3 Å². The molecule has 31 heavy (non-hydrogen) atoms. The number of carbonyl (C=O) groups excluding carboxylic acids is 3. The largest absolute Gasteiger partial charge is 0.426 e. The summed E-state index contributed by atoms with van der Waals surface area (Å²) in [4.78, 5) is 43.0. The molecule has 0 radical (unpaired) electrons. The second-order valence-corrected chi connectivity index (χ2v) is 9.75. The van der Waals surface area contributed by atoms with E-state index >= 15 is 0 Å². The quantitative estimate of drug-likeness (QED) is 0.328. The smallest absolute Gasteiger partial charge is 0.412 e. The maximum atomic E-state index is 12.5. The van der Waals surface area contributed by atoms with Gasteiger partial charge >= 0.3 is 12.1 Å². The average molecular weight is 477 g/mol. The highest BCUT2D eigenvalue weighted by Gasteiger charge is 2.33. The zero-order valence-corrected chi connectivity index (χ0v) is 18.9. The number of hydrogen-bond donors (Lipinski definition) is 1. The molecule has 2 atom stereocenters. The van der Waals surface area contributed by atoms with E-state index in [4.69, 9.17) is 13.7 Å². The molecule has 3 heterocycles. The van der Waals surface area contributed by atoms with Crippen LogP contribution in [0.2, 0.25) is 0 Å². The Morgan fingerprint density at radius 1 is 1.26 bits per heavy atom. The third kappa shape index (κ3) is 6.51. The number of likely N-dealkylation sites (tertiary alicyclic amines) is 1. The Bertz CT molecular complexity index is 944. The first-order chi connectivity index (χ1) is 14.5. The predicted octanol–water partition coefficient (Wildman–Crippen LogP) is 0.158. The number of esters is 1. The van der Waals surface area contributed by atoms with Gasteiger partial charge in [0.1, 0.15) is 11.8 Å². The summed E-state index contributed by atoms with van der Waals surface area (Å²) in [6.07, 6.45) is -0.465. The predicted molar refractivity (Wildman–Crippen MR) is 109 cm³/mol. The molecule has 1 aromatic rings. The molecule has 2 aliphatic heterocycles. The summed E-state index contributed by atoms with van der Waals surface area (Å²) in [5.41, 5.74) is 0.247. The van der Waals surface area contributed by atoms with Crippen LogP contribution >= 0.6 is 11.3 Å². The lowest BCUT2D eigenvalue weighted by atomic mass is 10.2. The molecule has 0 aromatic carbocycles. The standard InChI is InChI=1S/C17H24N4O8S2/c1-10(22)27-11(2)28-17(24)20-5-4-12(6-20)18-15(23)14-9-30-16(19-14)21-7-13(8-21)29-31(3,25)26/h9,11-13H,4-8H2,1-3H3,(H,18,23)/t11?,12-/m0/s1. The van der Waals surface area contributed by atoms with Crippen LogP contribution < -0.4 is 10.2 Å². The molecule has 12 nitrogen and oxygen atoms in total. The van der Waals surface area contributed by atoms with Crippen LogP contribution in [0.5, 0.6) is 0 Å². The first-order valence-corrected chi connectivity index (χ1v) is 12.2. The number of nitrogens with zero attached hydrogens (tertiary/aromatic N) is 3. The first kappa shape index (κ1) is 23.2. The minimum atomic E-state index is -3.50. The average Bonchev–Trinajstić information content (AvgIpc) is 3.25. The van der Waals surface area contributed by atoms with Gasteiger partial charge in [-0.15, -0.1) is 11.3 Å². The summed E-state index contributed by atoms with van der Waals surface area (Å²) in [5, 5.41) is 5.07. The van der Waals surface area contributed by atoms with Crippen LogP contribution in [0.25, 0.3) is 0 Å². The molecule has 1 aromatic heterocycles. The molecular weight excluding hydrogens is 452 g/mol. The molecule has 2 amide bonds. The number of anilines is 1. The van der Waals surface area contributed by atoms with Crippen molar-refractivity contribution < 1.29 is 36.5 Å². The summed E-state index contributed by atoms with van der Waals surface area (Å²) < 4.78 is 37.0. The van der Waals surface area contributed by atoms with Gasteiger partial charge in [0.25, 0.3) is 16.0 Å². The van der Waals surface area contributed by atoms with Gasteiger partial charge in [-0.2, -0.15) is 8.42 Å². The van der Waals surface area contributed by atoms with Crippen molar-refractivity contribution in [3.63, 3.8) is 0 Å². The van der Waals surface area contributed by atoms with E-state index in [-0.39, 0.29) is 24.2 Å². The lowest BCUT2D eigenvalue weighted by molar-refractivity contribution is -0.163. The molecule has 2 aliphatic rings. The van der Waals surface area contributed by atoms with Gasteiger partial charge < -0.3 is 24.6 Å². The number of rotatable bonds is 7. The van der Waals surface area contributed by atoms with Crippen LogP contribution in [0.15, 0.2) is 5.38 Å². The number of nitrogens with one attached hydrogen (secondary N) is 1. The molecule has 0 spiro atoms. The maximum Gasteiger partial charge on any atom is 0.412 e. The van der Waals surface area contributed by atoms with Gasteiger partial charge in [0.05, 0.1) is 6.26 Å². The molecule has 3 rings (SSSR count). The Morgan fingerprint density at radius 2 is 1.97 bits per heavy atom. The molecule has 1 N–H and O–H groups in total. The van der Waals surface area contributed by atoms with E-state index in [1.807, 2.05) is 4.90 Å². The first-order valence-electron chi connectivity index (χ1n) is 9.52. The zero-order valence-electron chi connectivity index (χ0n) is 17.3. The van der Waals surface area contributed by atoms with Crippen molar-refractivity contribution >= 4 is 44.6 Å². The normalized spacial score (nSPS) is 20.2. The van der Waals surface area contributed by atoms with Crippen molar-refractivity contribution in [2.45, 2.75) is 38.7 Å². The van der Waals surface area contributed by atoms with E-state index in [1.54, 1.807) is 5.38 Å². The Kier molecular flexibility index (Phi) is 7.01. The van der Waals surface area contributed by atoms with Gasteiger partial charge in [-0.3, -0.25) is 13.8 Å². The summed E-state index contributed by atoms with van der Waals surface area (Å²) in [6, 6.07) is -0.259. The molecule has 0 aliphatic carbocycles. The lowest BCUT2D eigenvalue weighted by Gasteiger charge is -2.37. The summed E-state index contributed by atoms with van der Waals surface area (Å²) in [5.74, 6) is -0.911. The van der Waals surface area contributed by atoms with Crippen LogP contribution in [-0.2, 0) is 28.6 Å². The van der Waals surface area contributed by atoms with Gasteiger partial charge in [0, 0.05) is 51.4 Å². The maximum absolute atomic E-state index is 12.5. The summed E-state index contributed by atoms with van der Waals surface area (Å²) >= 11 is 1.28. The monoisotopic (exact) mass is 476 g/mol.